The Hall–Kier alpha value is -2.54. The van der Waals surface area contributed by atoms with Crippen LogP contribution in [0.3, 0.4) is 0 Å². The predicted octanol–water partition coefficient (Wildman–Crippen LogP) is 2.94. The second-order valence-electron chi connectivity index (χ2n) is 4.33. The molecular weight excluding hydrogens is 306 g/mol. The van der Waals surface area contributed by atoms with Gasteiger partial charge in [-0.3, -0.25) is 0 Å². The molecule has 0 N–H and O–H groups in total. The Morgan fingerprint density at radius 3 is 2.50 bits per heavy atom. The van der Waals surface area contributed by atoms with Crippen LogP contribution in [0.4, 0.5) is 0 Å². The second kappa shape index (κ2) is 5.69. The van der Waals surface area contributed by atoms with Gasteiger partial charge in [-0.1, -0.05) is 6.07 Å². The molecule has 1 aromatic carbocycles. The van der Waals surface area contributed by atoms with Crippen LogP contribution in [0.1, 0.15) is 0 Å². The molecule has 0 aliphatic rings. The molecule has 0 aliphatic carbocycles. The maximum absolute atomic E-state index is 12.3. The molecule has 0 radical (unpaired) electrons. The number of fused-ring (bicyclic) bond motifs is 1. The van der Waals surface area contributed by atoms with Crippen LogP contribution in [-0.2, 0) is 0 Å². The number of thiophene rings is 1. The third kappa shape index (κ3) is 2.19. The smallest absolute Gasteiger partial charge is 0.347 e. The van der Waals surface area contributed by atoms with Crippen molar-refractivity contribution in [2.75, 3.05) is 21.3 Å². The van der Waals surface area contributed by atoms with E-state index >= 15 is 0 Å². The Morgan fingerprint density at radius 2 is 1.91 bits per heavy atom. The number of rotatable bonds is 4. The van der Waals surface area contributed by atoms with Gasteiger partial charge in [0.2, 0.25) is 11.6 Å². The van der Waals surface area contributed by atoms with Gasteiger partial charge in [-0.05, 0) is 11.4 Å². The maximum Gasteiger partial charge on any atom is 0.347 e. The number of methoxy groups -OCH3 is 3. The highest BCUT2D eigenvalue weighted by molar-refractivity contribution is 7.13. The third-order valence-electron chi connectivity index (χ3n) is 3.16. The van der Waals surface area contributed by atoms with Crippen LogP contribution < -0.4 is 19.8 Å². The van der Waals surface area contributed by atoms with E-state index in [0.717, 1.165) is 4.88 Å². The number of nitrogens with zero attached hydrogens (tertiary/aromatic N) is 1. The van der Waals surface area contributed by atoms with Crippen molar-refractivity contribution in [3.05, 3.63) is 34.0 Å². The zero-order valence-corrected chi connectivity index (χ0v) is 13.0. The molecule has 2 aromatic heterocycles. The summed E-state index contributed by atoms with van der Waals surface area (Å²) < 4.78 is 21.2. The van der Waals surface area contributed by atoms with Gasteiger partial charge in [-0.15, -0.1) is 11.3 Å². The van der Waals surface area contributed by atoms with Gasteiger partial charge >= 0.3 is 5.63 Å². The lowest BCUT2D eigenvalue weighted by molar-refractivity contribution is 0.326. The van der Waals surface area contributed by atoms with Crippen LogP contribution in [0, 0.1) is 0 Å². The molecule has 0 atom stereocenters. The molecular formula is C15H13NO5S. The lowest BCUT2D eigenvalue weighted by Gasteiger charge is -2.13. The van der Waals surface area contributed by atoms with Crippen molar-refractivity contribution in [2.24, 2.45) is 0 Å². The van der Waals surface area contributed by atoms with Gasteiger partial charge in [-0.2, -0.15) is 0 Å². The molecule has 114 valence electrons. The Labute approximate surface area is 129 Å². The highest BCUT2D eigenvalue weighted by Gasteiger charge is 2.21. The van der Waals surface area contributed by atoms with Crippen LogP contribution in [-0.4, -0.2) is 26.3 Å². The molecule has 22 heavy (non-hydrogen) atoms. The topological polar surface area (TPSA) is 70.8 Å². The van der Waals surface area contributed by atoms with Crippen molar-refractivity contribution >= 4 is 22.2 Å². The second-order valence-corrected chi connectivity index (χ2v) is 5.27. The Morgan fingerprint density at radius 1 is 1.14 bits per heavy atom. The number of ether oxygens (including phenoxy) is 3. The van der Waals surface area contributed by atoms with Gasteiger partial charge in [0.15, 0.2) is 11.5 Å². The fraction of sp³-hybridized carbons (Fsp3) is 0.200. The van der Waals surface area contributed by atoms with Crippen molar-refractivity contribution in [1.82, 2.24) is 4.98 Å². The summed E-state index contributed by atoms with van der Waals surface area (Å²) in [4.78, 5) is 17.5. The van der Waals surface area contributed by atoms with Gasteiger partial charge in [0, 0.05) is 6.07 Å². The average Bonchev–Trinajstić information content (AvgIpc) is 3.07. The summed E-state index contributed by atoms with van der Waals surface area (Å²) >= 11 is 1.43. The SMILES string of the molecule is COc1cc2c(=O)oc(-c3cccs3)nc2c(OC)c1OC. The maximum atomic E-state index is 12.3. The molecule has 0 saturated heterocycles. The number of hydrogen-bond acceptors (Lipinski definition) is 7. The van der Waals surface area contributed by atoms with Crippen LogP contribution in [0.15, 0.2) is 32.8 Å². The minimum absolute atomic E-state index is 0.248. The molecule has 2 heterocycles. The molecule has 0 unspecified atom stereocenters. The number of hydrogen-bond donors (Lipinski definition) is 0. The van der Waals surface area contributed by atoms with Crippen LogP contribution in [0.5, 0.6) is 17.2 Å². The molecule has 3 rings (SSSR count). The first-order valence-corrected chi connectivity index (χ1v) is 7.25. The summed E-state index contributed by atoms with van der Waals surface area (Å²) in [5, 5.41) is 2.15. The number of aromatic nitrogens is 1. The van der Waals surface area contributed by atoms with Gasteiger partial charge in [0.1, 0.15) is 5.52 Å². The first kappa shape index (κ1) is 14.4. The normalized spacial score (nSPS) is 10.7. The van der Waals surface area contributed by atoms with Crippen LogP contribution >= 0.6 is 11.3 Å². The van der Waals surface area contributed by atoms with E-state index < -0.39 is 5.63 Å². The summed E-state index contributed by atoms with van der Waals surface area (Å²) in [7, 11) is 4.47. The first-order chi connectivity index (χ1) is 10.7. The van der Waals surface area contributed by atoms with Gasteiger partial charge in [-0.25, -0.2) is 9.78 Å². The van der Waals surface area contributed by atoms with Gasteiger partial charge in [0.05, 0.1) is 31.6 Å². The molecule has 0 aliphatic heterocycles. The van der Waals surface area contributed by atoms with E-state index in [4.69, 9.17) is 18.6 Å². The van der Waals surface area contributed by atoms with E-state index in [2.05, 4.69) is 4.98 Å². The summed E-state index contributed by atoms with van der Waals surface area (Å²) in [5.74, 6) is 1.35. The molecule has 0 amide bonds. The largest absolute Gasteiger partial charge is 0.493 e. The Bertz CT molecular complexity index is 870. The highest BCUT2D eigenvalue weighted by Crippen LogP contribution is 2.42. The van der Waals surface area contributed by atoms with Crippen molar-refractivity contribution in [3.8, 4) is 28.0 Å². The molecule has 3 aromatic rings. The zero-order chi connectivity index (χ0) is 15.7. The Kier molecular flexibility index (Phi) is 3.72. The summed E-state index contributed by atoms with van der Waals surface area (Å²) in [6, 6.07) is 5.22. The fourth-order valence-corrected chi connectivity index (χ4v) is 2.83. The van der Waals surface area contributed by atoms with Gasteiger partial charge in [0.25, 0.3) is 0 Å². The van der Waals surface area contributed by atoms with E-state index in [-0.39, 0.29) is 11.3 Å². The van der Waals surface area contributed by atoms with Crippen molar-refractivity contribution < 1.29 is 18.6 Å². The highest BCUT2D eigenvalue weighted by atomic mass is 32.1. The molecule has 0 bridgehead atoms. The van der Waals surface area contributed by atoms with E-state index in [9.17, 15) is 4.79 Å². The molecule has 0 fully saturated rings. The molecule has 0 saturated carbocycles. The quantitative estimate of drug-likeness (QED) is 0.736. The van der Waals surface area contributed by atoms with Crippen molar-refractivity contribution in [3.63, 3.8) is 0 Å². The summed E-state index contributed by atoms with van der Waals surface area (Å²) in [6.45, 7) is 0. The number of benzene rings is 1. The summed E-state index contributed by atoms with van der Waals surface area (Å²) in [5.41, 5.74) is -0.132. The minimum atomic E-state index is -0.507. The van der Waals surface area contributed by atoms with Crippen molar-refractivity contribution in [2.45, 2.75) is 0 Å². The molecule has 7 heteroatoms. The van der Waals surface area contributed by atoms with Crippen LogP contribution in [0.25, 0.3) is 21.7 Å². The van der Waals surface area contributed by atoms with E-state index in [0.29, 0.717) is 22.8 Å². The fourth-order valence-electron chi connectivity index (χ4n) is 2.18. The standard InChI is InChI=1S/C15H13NO5S/c1-18-9-7-8-11(13(20-3)12(9)19-2)16-14(21-15(8)17)10-5-4-6-22-10/h4-7H,1-3H3. The monoisotopic (exact) mass is 319 g/mol. The molecule has 6 nitrogen and oxygen atoms in total. The van der Waals surface area contributed by atoms with E-state index in [1.807, 2.05) is 17.5 Å². The van der Waals surface area contributed by atoms with Crippen molar-refractivity contribution in [1.29, 1.82) is 0 Å². The third-order valence-corrected chi connectivity index (χ3v) is 4.02. The average molecular weight is 319 g/mol. The van der Waals surface area contributed by atoms with Crippen LogP contribution in [0.2, 0.25) is 0 Å². The molecule has 0 spiro atoms. The van der Waals surface area contributed by atoms with Gasteiger partial charge < -0.3 is 18.6 Å². The predicted molar refractivity (Wildman–Crippen MR) is 83.2 cm³/mol. The van der Waals surface area contributed by atoms with E-state index in [1.165, 1.54) is 38.7 Å². The summed E-state index contributed by atoms with van der Waals surface area (Å²) in [6.07, 6.45) is 0. The first-order valence-electron chi connectivity index (χ1n) is 6.37. The lowest BCUT2D eigenvalue weighted by atomic mass is 10.2. The van der Waals surface area contributed by atoms with E-state index in [1.54, 1.807) is 0 Å². The minimum Gasteiger partial charge on any atom is -0.493 e. The lowest BCUT2D eigenvalue weighted by Crippen LogP contribution is -2.06. The Balaban J connectivity index is 2.39. The zero-order valence-electron chi connectivity index (χ0n) is 12.2.